The van der Waals surface area contributed by atoms with Gasteiger partial charge < -0.3 is 4.74 Å². The van der Waals surface area contributed by atoms with E-state index in [1.807, 2.05) is 18.2 Å². The Morgan fingerprint density at radius 3 is 2.56 bits per heavy atom. The molecule has 0 bridgehead atoms. The minimum atomic E-state index is -3.44. The highest BCUT2D eigenvalue weighted by Gasteiger charge is 2.29. The van der Waals surface area contributed by atoms with Crippen molar-refractivity contribution in [1.29, 1.82) is 0 Å². The smallest absolute Gasteiger partial charge is 0.243 e. The van der Waals surface area contributed by atoms with Gasteiger partial charge in [0.2, 0.25) is 10.0 Å². The average molecular weight is 385 g/mol. The summed E-state index contributed by atoms with van der Waals surface area (Å²) in [4.78, 5) is 2.66. The van der Waals surface area contributed by atoms with Crippen molar-refractivity contribution >= 4 is 16.1 Å². The van der Waals surface area contributed by atoms with Gasteiger partial charge in [0.05, 0.1) is 11.5 Å². The normalized spacial score (nSPS) is 18.5. The van der Waals surface area contributed by atoms with Gasteiger partial charge in [-0.1, -0.05) is 42.5 Å². The highest BCUT2D eigenvalue weighted by atomic mass is 32.2. The lowest BCUT2D eigenvalue weighted by Gasteiger charge is -2.33. The summed E-state index contributed by atoms with van der Waals surface area (Å²) >= 11 is 0. The molecule has 0 atom stereocenters. The molecule has 2 heterocycles. The van der Waals surface area contributed by atoms with Crippen LogP contribution in [0.4, 0.5) is 0 Å². The fraction of sp³-hybridized carbons (Fsp3) is 0.333. The van der Waals surface area contributed by atoms with Crippen LogP contribution in [0.2, 0.25) is 0 Å². The van der Waals surface area contributed by atoms with Crippen molar-refractivity contribution in [1.82, 2.24) is 9.21 Å². The zero-order chi connectivity index (χ0) is 18.7. The Bertz CT molecular complexity index is 918. The van der Waals surface area contributed by atoms with Gasteiger partial charge in [-0.15, -0.1) is 0 Å². The molecule has 1 saturated heterocycles. The molecule has 6 heteroatoms. The van der Waals surface area contributed by atoms with E-state index in [9.17, 15) is 8.42 Å². The molecule has 27 heavy (non-hydrogen) atoms. The van der Waals surface area contributed by atoms with E-state index in [0.717, 1.165) is 37.4 Å². The van der Waals surface area contributed by atoms with Crippen molar-refractivity contribution in [3.05, 3.63) is 65.7 Å². The van der Waals surface area contributed by atoms with Crippen LogP contribution in [0, 0.1) is 0 Å². The van der Waals surface area contributed by atoms with Crippen molar-refractivity contribution in [2.45, 2.75) is 11.3 Å². The van der Waals surface area contributed by atoms with Gasteiger partial charge in [-0.05, 0) is 29.3 Å². The second-order valence-corrected chi connectivity index (χ2v) is 8.82. The first-order valence-electron chi connectivity index (χ1n) is 9.33. The Balaban J connectivity index is 1.35. The zero-order valence-corrected chi connectivity index (χ0v) is 16.1. The third-order valence-corrected chi connectivity index (χ3v) is 7.00. The first-order valence-corrected chi connectivity index (χ1v) is 10.8. The number of hydrogen-bond donors (Lipinski definition) is 0. The van der Waals surface area contributed by atoms with Crippen molar-refractivity contribution in [2.75, 3.05) is 39.3 Å². The van der Waals surface area contributed by atoms with Crippen LogP contribution in [-0.4, -0.2) is 57.0 Å². The summed E-state index contributed by atoms with van der Waals surface area (Å²) in [5.74, 6) is 0.809. The Morgan fingerprint density at radius 2 is 1.78 bits per heavy atom. The van der Waals surface area contributed by atoms with Crippen LogP contribution in [0.3, 0.4) is 0 Å². The van der Waals surface area contributed by atoms with Gasteiger partial charge in [0.15, 0.2) is 0 Å². The number of ether oxygens (including phenoxy) is 1. The van der Waals surface area contributed by atoms with Crippen molar-refractivity contribution in [3.8, 4) is 5.75 Å². The first kappa shape index (κ1) is 18.2. The number of hydrogen-bond acceptors (Lipinski definition) is 4. The Labute approximate surface area is 160 Å². The van der Waals surface area contributed by atoms with Crippen LogP contribution in [0.5, 0.6) is 5.75 Å². The number of fused-ring (bicyclic) bond motifs is 1. The number of sulfonamides is 1. The molecule has 4 rings (SSSR count). The first-order chi connectivity index (χ1) is 13.1. The van der Waals surface area contributed by atoms with Gasteiger partial charge in [-0.25, -0.2) is 8.42 Å². The molecule has 0 N–H and O–H groups in total. The Hall–Kier alpha value is -2.15. The number of nitrogens with zero attached hydrogens (tertiary/aromatic N) is 2. The maximum Gasteiger partial charge on any atom is 0.243 e. The Kier molecular flexibility index (Phi) is 5.29. The second-order valence-electron chi connectivity index (χ2n) is 6.89. The average Bonchev–Trinajstić information content (AvgIpc) is 3.17. The van der Waals surface area contributed by atoms with Crippen LogP contribution in [0.25, 0.3) is 6.08 Å². The molecule has 0 aliphatic carbocycles. The molecule has 2 aromatic carbocycles. The summed E-state index contributed by atoms with van der Waals surface area (Å²) in [7, 11) is -3.44. The summed E-state index contributed by atoms with van der Waals surface area (Å²) in [6.07, 6.45) is 5.02. The monoisotopic (exact) mass is 384 g/mol. The summed E-state index contributed by atoms with van der Waals surface area (Å²) < 4.78 is 33.0. The quantitative estimate of drug-likeness (QED) is 0.795. The van der Waals surface area contributed by atoms with Gasteiger partial charge in [0.25, 0.3) is 0 Å². The summed E-state index contributed by atoms with van der Waals surface area (Å²) in [5.41, 5.74) is 2.17. The molecule has 5 nitrogen and oxygen atoms in total. The lowest BCUT2D eigenvalue weighted by atomic mass is 10.2. The highest BCUT2D eigenvalue weighted by Crippen LogP contribution is 2.29. The van der Waals surface area contributed by atoms with E-state index in [1.54, 1.807) is 22.5 Å². The molecule has 0 amide bonds. The Morgan fingerprint density at radius 1 is 1.00 bits per heavy atom. The molecule has 1 fully saturated rings. The van der Waals surface area contributed by atoms with Gasteiger partial charge >= 0.3 is 0 Å². The lowest BCUT2D eigenvalue weighted by molar-refractivity contribution is 0.204. The molecule has 0 unspecified atom stereocenters. The maximum absolute atomic E-state index is 12.9. The SMILES string of the molecule is O=S(=O)(c1ccc2c(c1)CCO2)N1CCN(C/C=C/c2ccccc2)CC1. The van der Waals surface area contributed by atoms with Gasteiger partial charge in [0.1, 0.15) is 5.75 Å². The molecule has 2 aliphatic heterocycles. The van der Waals surface area contributed by atoms with Crippen LogP contribution >= 0.6 is 0 Å². The molecule has 0 radical (unpaired) electrons. The minimum absolute atomic E-state index is 0.379. The summed E-state index contributed by atoms with van der Waals surface area (Å²) in [5, 5.41) is 0. The van der Waals surface area contributed by atoms with E-state index >= 15 is 0 Å². The molecule has 2 aliphatic rings. The van der Waals surface area contributed by atoms with Crippen molar-refractivity contribution in [3.63, 3.8) is 0 Å². The van der Waals surface area contributed by atoms with E-state index in [4.69, 9.17) is 4.74 Å². The van der Waals surface area contributed by atoms with Crippen LogP contribution < -0.4 is 4.74 Å². The fourth-order valence-corrected chi connectivity index (χ4v) is 5.00. The standard InChI is InChI=1S/C21H24N2O3S/c24-27(25,20-8-9-21-19(17-20)10-16-26-21)23-14-12-22(13-15-23)11-4-7-18-5-2-1-3-6-18/h1-9,17H,10-16H2/b7-4+. The third kappa shape index (κ3) is 4.08. The largest absolute Gasteiger partial charge is 0.493 e. The van der Waals surface area contributed by atoms with Crippen LogP contribution in [0.15, 0.2) is 59.5 Å². The van der Waals surface area contributed by atoms with Crippen LogP contribution in [0.1, 0.15) is 11.1 Å². The second kappa shape index (κ2) is 7.84. The molecule has 2 aromatic rings. The molecule has 0 saturated carbocycles. The van der Waals surface area contributed by atoms with Gasteiger partial charge in [0, 0.05) is 39.1 Å². The van der Waals surface area contributed by atoms with Gasteiger partial charge in [-0.2, -0.15) is 4.31 Å². The lowest BCUT2D eigenvalue weighted by Crippen LogP contribution is -2.48. The predicted octanol–water partition coefficient (Wildman–Crippen LogP) is 2.64. The van der Waals surface area contributed by atoms with E-state index in [2.05, 4.69) is 29.2 Å². The van der Waals surface area contributed by atoms with Crippen molar-refractivity contribution in [2.24, 2.45) is 0 Å². The summed E-state index contributed by atoms with van der Waals surface area (Å²) in [6, 6.07) is 15.4. The van der Waals surface area contributed by atoms with Gasteiger partial charge in [-0.3, -0.25) is 4.90 Å². The molecular weight excluding hydrogens is 360 g/mol. The highest BCUT2D eigenvalue weighted by molar-refractivity contribution is 7.89. The van der Waals surface area contributed by atoms with Crippen molar-refractivity contribution < 1.29 is 13.2 Å². The van der Waals surface area contributed by atoms with E-state index in [1.165, 1.54) is 5.56 Å². The van der Waals surface area contributed by atoms with Crippen LogP contribution in [-0.2, 0) is 16.4 Å². The number of benzene rings is 2. The third-order valence-electron chi connectivity index (χ3n) is 5.10. The predicted molar refractivity (Wildman–Crippen MR) is 106 cm³/mol. The minimum Gasteiger partial charge on any atom is -0.493 e. The topological polar surface area (TPSA) is 49.9 Å². The maximum atomic E-state index is 12.9. The molecule has 142 valence electrons. The fourth-order valence-electron chi connectivity index (χ4n) is 3.53. The number of piperazine rings is 1. The molecular formula is C21H24N2O3S. The van der Waals surface area contributed by atoms with E-state index in [0.29, 0.717) is 24.6 Å². The summed E-state index contributed by atoms with van der Waals surface area (Å²) in [6.45, 7) is 4.00. The zero-order valence-electron chi connectivity index (χ0n) is 15.3. The van der Waals surface area contributed by atoms with E-state index < -0.39 is 10.0 Å². The molecule has 0 spiro atoms. The molecule has 0 aromatic heterocycles. The van der Waals surface area contributed by atoms with E-state index in [-0.39, 0.29) is 0 Å². The number of rotatable bonds is 5.